The first-order chi connectivity index (χ1) is 10.2. The number of aliphatic hydroxyl groups is 1. The Kier molecular flexibility index (Phi) is 5.19. The van der Waals surface area contributed by atoms with Gasteiger partial charge in [0.2, 0.25) is 0 Å². The molecule has 0 saturated carbocycles. The van der Waals surface area contributed by atoms with Crippen molar-refractivity contribution < 1.29 is 14.3 Å². The maximum Gasteiger partial charge on any atom is 0.252 e. The molecule has 0 fully saturated rings. The first kappa shape index (κ1) is 14.9. The van der Waals surface area contributed by atoms with Crippen LogP contribution in [0.15, 0.2) is 41.2 Å². The number of hydrogen-bond acceptors (Lipinski definition) is 3. The fourth-order valence-electron chi connectivity index (χ4n) is 1.84. The van der Waals surface area contributed by atoms with E-state index in [0.717, 1.165) is 11.1 Å². The van der Waals surface area contributed by atoms with Crippen molar-refractivity contribution in [1.82, 2.24) is 5.32 Å². The number of amides is 1. The zero-order valence-corrected chi connectivity index (χ0v) is 11.8. The molecular weight excluding hydrogens is 266 g/mol. The lowest BCUT2D eigenvalue weighted by Crippen LogP contribution is -2.23. The highest BCUT2D eigenvalue weighted by molar-refractivity contribution is 5.96. The van der Waals surface area contributed by atoms with Gasteiger partial charge in [0.1, 0.15) is 0 Å². The number of furan rings is 1. The minimum absolute atomic E-state index is 0.0147. The first-order valence-electron chi connectivity index (χ1n) is 6.70. The van der Waals surface area contributed by atoms with Gasteiger partial charge >= 0.3 is 0 Å². The van der Waals surface area contributed by atoms with Gasteiger partial charge in [0.15, 0.2) is 0 Å². The molecule has 0 saturated heterocycles. The van der Waals surface area contributed by atoms with Gasteiger partial charge in [0.25, 0.3) is 5.91 Å². The molecule has 0 atom stereocenters. The monoisotopic (exact) mass is 283 g/mol. The summed E-state index contributed by atoms with van der Waals surface area (Å²) in [5, 5.41) is 11.6. The lowest BCUT2D eigenvalue weighted by Gasteiger charge is -2.07. The molecule has 0 bridgehead atoms. The molecule has 0 aliphatic heterocycles. The maximum absolute atomic E-state index is 12.2. The van der Waals surface area contributed by atoms with Gasteiger partial charge in [0.05, 0.1) is 24.7 Å². The Balaban J connectivity index is 2.14. The van der Waals surface area contributed by atoms with Crippen molar-refractivity contribution in [1.29, 1.82) is 0 Å². The van der Waals surface area contributed by atoms with Crippen LogP contribution in [0.4, 0.5) is 0 Å². The molecule has 0 radical (unpaired) electrons. The Bertz CT molecular complexity index is 663. The number of aliphatic hydroxyl groups excluding tert-OH is 1. The predicted octanol–water partition coefficient (Wildman–Crippen LogP) is 2.25. The van der Waals surface area contributed by atoms with Gasteiger partial charge in [-0.25, -0.2) is 0 Å². The molecule has 0 spiro atoms. The average molecular weight is 283 g/mol. The van der Waals surface area contributed by atoms with Crippen LogP contribution in [-0.2, 0) is 6.54 Å². The number of nitrogens with one attached hydrogen (secondary N) is 1. The molecule has 1 aromatic heterocycles. The van der Waals surface area contributed by atoms with E-state index >= 15 is 0 Å². The van der Waals surface area contributed by atoms with E-state index in [1.807, 2.05) is 19.1 Å². The lowest BCUT2D eigenvalue weighted by molar-refractivity contribution is 0.0950. The molecule has 0 unspecified atom stereocenters. The molecule has 4 nitrogen and oxygen atoms in total. The second-order valence-electron chi connectivity index (χ2n) is 4.64. The molecule has 108 valence electrons. The summed E-state index contributed by atoms with van der Waals surface area (Å²) >= 11 is 0. The molecule has 0 aliphatic carbocycles. The quantitative estimate of drug-likeness (QED) is 0.846. The summed E-state index contributed by atoms with van der Waals surface area (Å²) in [6, 6.07) is 7.32. The molecule has 2 N–H and O–H groups in total. The van der Waals surface area contributed by atoms with Crippen LogP contribution in [-0.4, -0.2) is 17.6 Å². The lowest BCUT2D eigenvalue weighted by atomic mass is 10.0. The number of carbonyl (C=O) groups excluding carboxylic acids is 1. The summed E-state index contributed by atoms with van der Waals surface area (Å²) in [7, 11) is 0. The van der Waals surface area contributed by atoms with Gasteiger partial charge in [0, 0.05) is 24.1 Å². The van der Waals surface area contributed by atoms with Gasteiger partial charge in [-0.3, -0.25) is 4.79 Å². The van der Waals surface area contributed by atoms with Crippen LogP contribution >= 0.6 is 0 Å². The van der Waals surface area contributed by atoms with E-state index < -0.39 is 0 Å². The average Bonchev–Trinajstić information content (AvgIpc) is 2.98. The molecular formula is C17H17NO3. The van der Waals surface area contributed by atoms with E-state index in [9.17, 15) is 4.79 Å². The van der Waals surface area contributed by atoms with Crippen LogP contribution in [0.3, 0.4) is 0 Å². The third kappa shape index (κ3) is 4.23. The van der Waals surface area contributed by atoms with Crippen molar-refractivity contribution in [2.75, 3.05) is 6.61 Å². The van der Waals surface area contributed by atoms with Crippen LogP contribution in [0.2, 0.25) is 0 Å². The molecule has 21 heavy (non-hydrogen) atoms. The molecule has 4 heteroatoms. The van der Waals surface area contributed by atoms with Crippen LogP contribution in [0, 0.1) is 18.8 Å². The van der Waals surface area contributed by atoms with Gasteiger partial charge in [-0.15, -0.1) is 0 Å². The van der Waals surface area contributed by atoms with E-state index in [4.69, 9.17) is 9.52 Å². The fraction of sp³-hybridized carbons (Fsp3) is 0.235. The van der Waals surface area contributed by atoms with Crippen molar-refractivity contribution in [2.24, 2.45) is 0 Å². The second kappa shape index (κ2) is 7.32. The smallest absolute Gasteiger partial charge is 0.252 e. The largest absolute Gasteiger partial charge is 0.472 e. The molecule has 1 heterocycles. The van der Waals surface area contributed by atoms with Crippen molar-refractivity contribution in [3.8, 4) is 11.8 Å². The van der Waals surface area contributed by atoms with Gasteiger partial charge in [-0.1, -0.05) is 17.9 Å². The van der Waals surface area contributed by atoms with Crippen molar-refractivity contribution in [3.63, 3.8) is 0 Å². The van der Waals surface area contributed by atoms with Gasteiger partial charge in [-0.2, -0.15) is 0 Å². The molecule has 2 rings (SSSR count). The van der Waals surface area contributed by atoms with Gasteiger partial charge < -0.3 is 14.8 Å². The summed E-state index contributed by atoms with van der Waals surface area (Å²) < 4.78 is 4.96. The summed E-state index contributed by atoms with van der Waals surface area (Å²) in [4.78, 5) is 12.2. The van der Waals surface area contributed by atoms with Crippen LogP contribution in [0.1, 0.15) is 33.5 Å². The van der Waals surface area contributed by atoms with Crippen LogP contribution < -0.4 is 5.32 Å². The third-order valence-electron chi connectivity index (χ3n) is 2.91. The molecule has 1 amide bonds. The topological polar surface area (TPSA) is 62.5 Å². The summed E-state index contributed by atoms with van der Waals surface area (Å²) in [5.74, 6) is 5.61. The Morgan fingerprint density at radius 1 is 1.38 bits per heavy atom. The SMILES string of the molecule is Cc1ccc(C(=O)NCc2ccoc2)c(C#CCCO)c1. The third-order valence-corrected chi connectivity index (χ3v) is 2.91. The van der Waals surface area contributed by atoms with E-state index in [2.05, 4.69) is 17.2 Å². The Morgan fingerprint density at radius 2 is 2.24 bits per heavy atom. The predicted molar refractivity (Wildman–Crippen MR) is 79.6 cm³/mol. The molecule has 0 aliphatic rings. The Morgan fingerprint density at radius 3 is 2.95 bits per heavy atom. The highest BCUT2D eigenvalue weighted by atomic mass is 16.3. The number of rotatable bonds is 4. The molecule has 1 aromatic carbocycles. The summed E-state index contributed by atoms with van der Waals surface area (Å²) in [6.07, 6.45) is 3.56. The minimum atomic E-state index is -0.176. The van der Waals surface area contributed by atoms with Crippen molar-refractivity contribution >= 4 is 5.91 Å². The van der Waals surface area contributed by atoms with Gasteiger partial charge in [-0.05, 0) is 30.7 Å². The standard InChI is InChI=1S/C17H17NO3/c1-13-5-6-16(15(10-13)4-2-3-8-19)17(20)18-11-14-7-9-21-12-14/h5-7,9-10,12,19H,3,8,11H2,1H3,(H,18,20). The maximum atomic E-state index is 12.2. The molecule has 2 aromatic rings. The second-order valence-corrected chi connectivity index (χ2v) is 4.64. The Labute approximate surface area is 123 Å². The number of hydrogen-bond donors (Lipinski definition) is 2. The first-order valence-corrected chi connectivity index (χ1v) is 6.70. The Hall–Kier alpha value is -2.51. The van der Waals surface area contributed by atoms with E-state index in [0.29, 0.717) is 24.1 Å². The number of carbonyl (C=O) groups is 1. The normalized spacial score (nSPS) is 9.81. The number of benzene rings is 1. The van der Waals surface area contributed by atoms with E-state index in [-0.39, 0.29) is 12.5 Å². The van der Waals surface area contributed by atoms with Crippen LogP contribution in [0.5, 0.6) is 0 Å². The van der Waals surface area contributed by atoms with E-state index in [1.165, 1.54) is 0 Å². The van der Waals surface area contributed by atoms with Crippen molar-refractivity contribution in [3.05, 3.63) is 59.0 Å². The van der Waals surface area contributed by atoms with Crippen LogP contribution in [0.25, 0.3) is 0 Å². The highest BCUT2D eigenvalue weighted by Crippen LogP contribution is 2.11. The summed E-state index contributed by atoms with van der Waals surface area (Å²) in [6.45, 7) is 2.37. The number of aryl methyl sites for hydroxylation is 1. The highest BCUT2D eigenvalue weighted by Gasteiger charge is 2.10. The van der Waals surface area contributed by atoms with E-state index in [1.54, 1.807) is 24.7 Å². The zero-order chi connectivity index (χ0) is 15.1. The van der Waals surface area contributed by atoms with Crippen molar-refractivity contribution in [2.45, 2.75) is 19.9 Å². The summed E-state index contributed by atoms with van der Waals surface area (Å²) in [5.41, 5.74) is 3.15. The fourth-order valence-corrected chi connectivity index (χ4v) is 1.84. The zero-order valence-electron chi connectivity index (χ0n) is 11.8. The minimum Gasteiger partial charge on any atom is -0.472 e.